The van der Waals surface area contributed by atoms with Crippen LogP contribution < -0.4 is 5.73 Å². The van der Waals surface area contributed by atoms with Crippen LogP contribution in [0.3, 0.4) is 0 Å². The zero-order chi connectivity index (χ0) is 12.3. The molecule has 2 rings (SSSR count). The molecule has 0 heterocycles. The molecule has 0 aliphatic heterocycles. The van der Waals surface area contributed by atoms with E-state index in [0.717, 1.165) is 23.5 Å². The Morgan fingerprint density at radius 1 is 1.18 bits per heavy atom. The van der Waals surface area contributed by atoms with Crippen LogP contribution in [0.1, 0.15) is 36.0 Å². The van der Waals surface area contributed by atoms with E-state index >= 15 is 0 Å². The lowest BCUT2D eigenvalue weighted by Crippen LogP contribution is -2.20. The standard InChI is InChI=1S/C15H23NS/c1-11-6-12(2)8-13(7-11)10-17-15-5-3-4-14(15)9-16/h6-8,14-15H,3-5,9-10,16H2,1-2H3. The summed E-state index contributed by atoms with van der Waals surface area (Å²) in [5, 5.41) is 0.792. The Labute approximate surface area is 109 Å². The van der Waals surface area contributed by atoms with Gasteiger partial charge < -0.3 is 5.73 Å². The summed E-state index contributed by atoms with van der Waals surface area (Å²) in [7, 11) is 0. The van der Waals surface area contributed by atoms with Gasteiger partial charge in [0.2, 0.25) is 0 Å². The first-order valence-electron chi connectivity index (χ1n) is 6.58. The number of hydrogen-bond acceptors (Lipinski definition) is 2. The van der Waals surface area contributed by atoms with Gasteiger partial charge in [-0.15, -0.1) is 0 Å². The summed E-state index contributed by atoms with van der Waals surface area (Å²) in [6.45, 7) is 5.23. The number of rotatable bonds is 4. The van der Waals surface area contributed by atoms with Gasteiger partial charge in [0.25, 0.3) is 0 Å². The molecule has 1 nitrogen and oxygen atoms in total. The highest BCUT2D eigenvalue weighted by Crippen LogP contribution is 2.36. The van der Waals surface area contributed by atoms with E-state index in [9.17, 15) is 0 Å². The Kier molecular flexibility index (Phi) is 4.52. The SMILES string of the molecule is Cc1cc(C)cc(CSC2CCCC2CN)c1. The van der Waals surface area contributed by atoms with Crippen molar-refractivity contribution in [2.45, 2.75) is 44.1 Å². The molecule has 0 bridgehead atoms. The zero-order valence-electron chi connectivity index (χ0n) is 10.9. The van der Waals surface area contributed by atoms with Gasteiger partial charge in [0.15, 0.2) is 0 Å². The maximum Gasteiger partial charge on any atom is 0.0187 e. The summed E-state index contributed by atoms with van der Waals surface area (Å²) in [6, 6.07) is 6.87. The normalized spacial score (nSPS) is 24.2. The third kappa shape index (κ3) is 3.49. The van der Waals surface area contributed by atoms with Crippen LogP contribution in [0.15, 0.2) is 18.2 Å². The van der Waals surface area contributed by atoms with Gasteiger partial charge in [-0.3, -0.25) is 0 Å². The molecule has 2 atom stereocenters. The second kappa shape index (κ2) is 5.92. The molecule has 2 unspecified atom stereocenters. The first-order chi connectivity index (χ1) is 8.19. The fraction of sp³-hybridized carbons (Fsp3) is 0.600. The molecule has 0 radical (unpaired) electrons. The average Bonchev–Trinajstić information content (AvgIpc) is 2.72. The average molecular weight is 249 g/mol. The summed E-state index contributed by atoms with van der Waals surface area (Å²) in [5.74, 6) is 1.90. The predicted octanol–water partition coefficient (Wildman–Crippen LogP) is 3.66. The molecule has 0 amide bonds. The van der Waals surface area contributed by atoms with Crippen molar-refractivity contribution < 1.29 is 0 Å². The molecule has 1 aliphatic rings. The third-order valence-electron chi connectivity index (χ3n) is 3.64. The summed E-state index contributed by atoms with van der Waals surface area (Å²) in [5.41, 5.74) is 10.1. The Hall–Kier alpha value is -0.470. The molecule has 0 spiro atoms. The quantitative estimate of drug-likeness (QED) is 0.881. The molecular formula is C15H23NS. The lowest BCUT2D eigenvalue weighted by atomic mass is 10.1. The number of hydrogen-bond donors (Lipinski definition) is 1. The van der Waals surface area contributed by atoms with Crippen LogP contribution in [-0.4, -0.2) is 11.8 Å². The molecule has 94 valence electrons. The van der Waals surface area contributed by atoms with E-state index in [0.29, 0.717) is 0 Å². The van der Waals surface area contributed by atoms with Crippen LogP contribution in [0.4, 0.5) is 0 Å². The zero-order valence-corrected chi connectivity index (χ0v) is 11.7. The van der Waals surface area contributed by atoms with Gasteiger partial charge in [-0.2, -0.15) is 11.8 Å². The molecule has 1 aromatic carbocycles. The summed E-state index contributed by atoms with van der Waals surface area (Å²) in [6.07, 6.45) is 4.06. The summed E-state index contributed by atoms with van der Waals surface area (Å²) >= 11 is 2.11. The van der Waals surface area contributed by atoms with Crippen molar-refractivity contribution >= 4 is 11.8 Å². The van der Waals surface area contributed by atoms with Crippen molar-refractivity contribution in [2.24, 2.45) is 11.7 Å². The third-order valence-corrected chi connectivity index (χ3v) is 5.19. The number of nitrogens with two attached hydrogens (primary N) is 1. The molecule has 0 aromatic heterocycles. The fourth-order valence-electron chi connectivity index (χ4n) is 2.85. The minimum absolute atomic E-state index is 0.755. The topological polar surface area (TPSA) is 26.0 Å². The highest BCUT2D eigenvalue weighted by molar-refractivity contribution is 7.99. The second-order valence-corrected chi connectivity index (χ2v) is 6.50. The molecule has 1 saturated carbocycles. The minimum Gasteiger partial charge on any atom is -0.330 e. The van der Waals surface area contributed by atoms with Crippen molar-refractivity contribution in [3.8, 4) is 0 Å². The molecule has 1 fully saturated rings. The van der Waals surface area contributed by atoms with Crippen LogP contribution in [0, 0.1) is 19.8 Å². The van der Waals surface area contributed by atoms with Gasteiger partial charge in [0.1, 0.15) is 0 Å². The van der Waals surface area contributed by atoms with Gasteiger partial charge >= 0.3 is 0 Å². The number of benzene rings is 1. The molecule has 17 heavy (non-hydrogen) atoms. The Bertz CT molecular complexity index is 355. The highest BCUT2D eigenvalue weighted by Gasteiger charge is 2.26. The molecule has 2 heteroatoms. The fourth-order valence-corrected chi connectivity index (χ4v) is 4.27. The molecule has 0 saturated heterocycles. The van der Waals surface area contributed by atoms with E-state index in [-0.39, 0.29) is 0 Å². The van der Waals surface area contributed by atoms with E-state index in [1.807, 2.05) is 0 Å². The number of thioether (sulfide) groups is 1. The molecule has 1 aromatic rings. The van der Waals surface area contributed by atoms with E-state index in [2.05, 4.69) is 43.8 Å². The van der Waals surface area contributed by atoms with E-state index in [1.165, 1.54) is 36.0 Å². The summed E-state index contributed by atoms with van der Waals surface area (Å²) < 4.78 is 0. The van der Waals surface area contributed by atoms with Crippen molar-refractivity contribution in [1.29, 1.82) is 0 Å². The monoisotopic (exact) mass is 249 g/mol. The number of aryl methyl sites for hydroxylation is 2. The lowest BCUT2D eigenvalue weighted by molar-refractivity contribution is 0.573. The van der Waals surface area contributed by atoms with Gasteiger partial charge in [0, 0.05) is 11.0 Å². The smallest absolute Gasteiger partial charge is 0.0187 e. The van der Waals surface area contributed by atoms with Crippen LogP contribution in [-0.2, 0) is 5.75 Å². The van der Waals surface area contributed by atoms with Gasteiger partial charge in [-0.1, -0.05) is 35.7 Å². The van der Waals surface area contributed by atoms with Crippen molar-refractivity contribution in [1.82, 2.24) is 0 Å². The van der Waals surface area contributed by atoms with Crippen LogP contribution in [0.5, 0.6) is 0 Å². The van der Waals surface area contributed by atoms with Crippen LogP contribution in [0.25, 0.3) is 0 Å². The molecule has 2 N–H and O–H groups in total. The first kappa shape index (κ1) is 13.0. The predicted molar refractivity (Wildman–Crippen MR) is 77.4 cm³/mol. The Balaban J connectivity index is 1.93. The molecular weight excluding hydrogens is 226 g/mol. The second-order valence-electron chi connectivity index (χ2n) is 5.27. The maximum atomic E-state index is 5.83. The lowest BCUT2D eigenvalue weighted by Gasteiger charge is -2.17. The van der Waals surface area contributed by atoms with E-state index < -0.39 is 0 Å². The van der Waals surface area contributed by atoms with Gasteiger partial charge in [-0.05, 0) is 44.7 Å². The largest absolute Gasteiger partial charge is 0.330 e. The molecule has 1 aliphatic carbocycles. The van der Waals surface area contributed by atoms with Crippen molar-refractivity contribution in [3.05, 3.63) is 34.9 Å². The van der Waals surface area contributed by atoms with E-state index in [4.69, 9.17) is 5.73 Å². The van der Waals surface area contributed by atoms with Crippen LogP contribution >= 0.6 is 11.8 Å². The first-order valence-corrected chi connectivity index (χ1v) is 7.63. The van der Waals surface area contributed by atoms with Crippen LogP contribution in [0.2, 0.25) is 0 Å². The maximum absolute atomic E-state index is 5.83. The van der Waals surface area contributed by atoms with E-state index in [1.54, 1.807) is 0 Å². The van der Waals surface area contributed by atoms with Gasteiger partial charge in [-0.25, -0.2) is 0 Å². The Morgan fingerprint density at radius 2 is 1.88 bits per heavy atom. The van der Waals surface area contributed by atoms with Gasteiger partial charge in [0.05, 0.1) is 0 Å². The summed E-state index contributed by atoms with van der Waals surface area (Å²) in [4.78, 5) is 0. The van der Waals surface area contributed by atoms with Crippen molar-refractivity contribution in [3.63, 3.8) is 0 Å². The highest BCUT2D eigenvalue weighted by atomic mass is 32.2. The Morgan fingerprint density at radius 3 is 2.53 bits per heavy atom. The minimum atomic E-state index is 0.755. The van der Waals surface area contributed by atoms with Crippen molar-refractivity contribution in [2.75, 3.05) is 6.54 Å².